The second-order valence-electron chi connectivity index (χ2n) is 9.07. The Morgan fingerprint density at radius 1 is 1.13 bits per heavy atom. The van der Waals surface area contributed by atoms with Crippen molar-refractivity contribution < 1.29 is 27.9 Å². The van der Waals surface area contributed by atoms with Crippen LogP contribution in [0.4, 0.5) is 0 Å². The molecule has 0 unspecified atom stereocenters. The molecule has 5 rings (SSSR count). The summed E-state index contributed by atoms with van der Waals surface area (Å²) in [6.45, 7) is 3.44. The molecule has 2 aromatic carbocycles. The van der Waals surface area contributed by atoms with Gasteiger partial charge in [0.1, 0.15) is 12.0 Å². The van der Waals surface area contributed by atoms with Gasteiger partial charge in [-0.15, -0.1) is 0 Å². The average molecular weight is 516 g/mol. The summed E-state index contributed by atoms with van der Waals surface area (Å²) in [7, 11) is 1.57. The first-order valence-electron chi connectivity index (χ1n) is 12.4. The minimum Gasteiger partial charge on any atom is -0.484 e. The summed E-state index contributed by atoms with van der Waals surface area (Å²) in [4.78, 5) is 31.6. The molecule has 4 aromatic rings. The van der Waals surface area contributed by atoms with Crippen LogP contribution in [0.3, 0.4) is 0 Å². The van der Waals surface area contributed by atoms with Crippen LogP contribution >= 0.6 is 0 Å². The van der Waals surface area contributed by atoms with E-state index in [2.05, 4.69) is 16.4 Å². The first kappa shape index (κ1) is 25.3. The van der Waals surface area contributed by atoms with Crippen molar-refractivity contribution in [2.75, 3.05) is 26.8 Å². The van der Waals surface area contributed by atoms with E-state index in [0.29, 0.717) is 37.6 Å². The third kappa shape index (κ3) is 5.47. The maximum Gasteiger partial charge on any atom is 0.290 e. The van der Waals surface area contributed by atoms with Crippen molar-refractivity contribution in [1.82, 2.24) is 15.2 Å². The highest BCUT2D eigenvalue weighted by molar-refractivity contribution is 5.92. The van der Waals surface area contributed by atoms with E-state index in [1.54, 1.807) is 19.2 Å². The maximum atomic E-state index is 13.4. The van der Waals surface area contributed by atoms with E-state index in [4.69, 9.17) is 18.3 Å². The first-order chi connectivity index (χ1) is 18.5. The van der Waals surface area contributed by atoms with Crippen molar-refractivity contribution in [2.45, 2.75) is 26.0 Å². The molecule has 3 heterocycles. The van der Waals surface area contributed by atoms with Gasteiger partial charge >= 0.3 is 0 Å². The molecule has 0 fully saturated rings. The van der Waals surface area contributed by atoms with E-state index in [1.807, 2.05) is 48.2 Å². The number of aryl methyl sites for hydroxylation is 1. The molecule has 9 nitrogen and oxygen atoms in total. The molecule has 2 amide bonds. The minimum atomic E-state index is -0.340. The Balaban J connectivity index is 1.38. The van der Waals surface area contributed by atoms with Gasteiger partial charge in [-0.25, -0.2) is 4.98 Å². The Morgan fingerprint density at radius 2 is 2.03 bits per heavy atom. The van der Waals surface area contributed by atoms with E-state index in [0.717, 1.165) is 22.3 Å². The lowest BCUT2D eigenvalue weighted by atomic mass is 9.87. The maximum absolute atomic E-state index is 13.4. The van der Waals surface area contributed by atoms with Crippen LogP contribution < -0.4 is 10.1 Å². The largest absolute Gasteiger partial charge is 0.484 e. The highest BCUT2D eigenvalue weighted by Gasteiger charge is 2.34. The van der Waals surface area contributed by atoms with Gasteiger partial charge in [0.25, 0.3) is 11.8 Å². The van der Waals surface area contributed by atoms with Gasteiger partial charge < -0.3 is 28.5 Å². The number of nitrogens with zero attached hydrogens (tertiary/aromatic N) is 2. The number of hydrogen-bond donors (Lipinski definition) is 1. The lowest BCUT2D eigenvalue weighted by Crippen LogP contribution is -2.40. The highest BCUT2D eigenvalue weighted by Crippen LogP contribution is 2.38. The van der Waals surface area contributed by atoms with E-state index in [-0.39, 0.29) is 36.0 Å². The molecule has 1 atom stereocenters. The summed E-state index contributed by atoms with van der Waals surface area (Å²) in [6, 6.07) is 17.2. The number of aromatic nitrogens is 1. The second kappa shape index (κ2) is 11.4. The number of hydrogen-bond acceptors (Lipinski definition) is 7. The fraction of sp³-hybridized carbons (Fsp3) is 0.276. The second-order valence-corrected chi connectivity index (χ2v) is 9.07. The number of nitrogens with one attached hydrogen (secondary N) is 1. The molecule has 1 N–H and O–H groups in total. The predicted molar refractivity (Wildman–Crippen MR) is 138 cm³/mol. The van der Waals surface area contributed by atoms with Crippen LogP contribution in [0.15, 0.2) is 76.0 Å². The van der Waals surface area contributed by atoms with Crippen LogP contribution in [-0.2, 0) is 17.8 Å². The fourth-order valence-corrected chi connectivity index (χ4v) is 4.63. The Labute approximate surface area is 220 Å². The number of carbonyl (C=O) groups excluding carboxylic acids is 2. The Hall–Kier alpha value is -4.37. The van der Waals surface area contributed by atoms with Crippen molar-refractivity contribution in [3.8, 4) is 5.75 Å². The number of rotatable bonds is 9. The van der Waals surface area contributed by atoms with E-state index >= 15 is 0 Å². The van der Waals surface area contributed by atoms with Crippen molar-refractivity contribution in [2.24, 2.45) is 0 Å². The summed E-state index contributed by atoms with van der Waals surface area (Å²) >= 11 is 0. The van der Waals surface area contributed by atoms with Crippen LogP contribution in [0.5, 0.6) is 5.75 Å². The van der Waals surface area contributed by atoms with Gasteiger partial charge in [-0.1, -0.05) is 35.9 Å². The summed E-state index contributed by atoms with van der Waals surface area (Å²) in [6.07, 6.45) is 3.53. The van der Waals surface area contributed by atoms with Gasteiger partial charge in [-0.3, -0.25) is 9.59 Å². The molecule has 1 aliphatic rings. The summed E-state index contributed by atoms with van der Waals surface area (Å²) < 4.78 is 21.8. The van der Waals surface area contributed by atoms with Gasteiger partial charge in [-0.05, 0) is 54.3 Å². The van der Waals surface area contributed by atoms with Crippen LogP contribution in [0.25, 0.3) is 0 Å². The quantitative estimate of drug-likeness (QED) is 0.331. The van der Waals surface area contributed by atoms with Crippen molar-refractivity contribution in [3.63, 3.8) is 0 Å². The van der Waals surface area contributed by atoms with E-state index < -0.39 is 0 Å². The molecule has 0 saturated heterocycles. The molecular weight excluding hydrogens is 486 g/mol. The third-order valence-corrected chi connectivity index (χ3v) is 6.43. The lowest BCUT2D eigenvalue weighted by molar-refractivity contribution is 0.0661. The third-order valence-electron chi connectivity index (χ3n) is 6.43. The monoisotopic (exact) mass is 515 g/mol. The Kier molecular flexibility index (Phi) is 7.55. The zero-order valence-corrected chi connectivity index (χ0v) is 21.3. The number of fused-ring (bicyclic) bond motifs is 1. The van der Waals surface area contributed by atoms with Crippen molar-refractivity contribution in [3.05, 3.63) is 107 Å². The molecule has 0 saturated carbocycles. The smallest absolute Gasteiger partial charge is 0.290 e. The summed E-state index contributed by atoms with van der Waals surface area (Å²) in [5.41, 5.74) is 4.44. The lowest BCUT2D eigenvalue weighted by Gasteiger charge is -2.37. The number of furan rings is 1. The summed E-state index contributed by atoms with van der Waals surface area (Å²) in [5.74, 6) is 0.703. The minimum absolute atomic E-state index is 0.0499. The number of benzene rings is 2. The highest BCUT2D eigenvalue weighted by atomic mass is 16.5. The topological polar surface area (TPSA) is 107 Å². The van der Waals surface area contributed by atoms with Gasteiger partial charge in [0.05, 0.1) is 18.9 Å². The van der Waals surface area contributed by atoms with Gasteiger partial charge in [0.15, 0.2) is 18.1 Å². The molecule has 0 aliphatic carbocycles. The van der Waals surface area contributed by atoms with Gasteiger partial charge in [0.2, 0.25) is 5.89 Å². The van der Waals surface area contributed by atoms with Crippen LogP contribution in [0.2, 0.25) is 0 Å². The number of carbonyl (C=O) groups is 2. The number of methoxy groups -OCH3 is 1. The van der Waals surface area contributed by atoms with Gasteiger partial charge in [0, 0.05) is 20.2 Å². The zero-order chi connectivity index (χ0) is 26.5. The molecule has 0 spiro atoms. The molecule has 0 bridgehead atoms. The molecule has 0 radical (unpaired) electrons. The van der Waals surface area contributed by atoms with Crippen LogP contribution in [0.1, 0.15) is 55.2 Å². The molecule has 38 heavy (non-hydrogen) atoms. The average Bonchev–Trinajstić information content (AvgIpc) is 3.64. The number of amides is 2. The molecular formula is C29H29N3O6. The zero-order valence-electron chi connectivity index (χ0n) is 21.3. The normalized spacial score (nSPS) is 14.7. The van der Waals surface area contributed by atoms with Crippen LogP contribution in [-0.4, -0.2) is 48.5 Å². The van der Waals surface area contributed by atoms with Gasteiger partial charge in [-0.2, -0.15) is 0 Å². The van der Waals surface area contributed by atoms with E-state index in [9.17, 15) is 9.59 Å². The number of oxazole rings is 1. The van der Waals surface area contributed by atoms with Crippen molar-refractivity contribution in [1.29, 1.82) is 0 Å². The fourth-order valence-electron chi connectivity index (χ4n) is 4.63. The predicted octanol–water partition coefficient (Wildman–Crippen LogP) is 4.32. The number of ether oxygens (including phenoxy) is 2. The Morgan fingerprint density at radius 3 is 2.82 bits per heavy atom. The summed E-state index contributed by atoms with van der Waals surface area (Å²) in [5, 5.41) is 2.70. The molecule has 1 aliphatic heterocycles. The first-order valence-corrected chi connectivity index (χ1v) is 12.4. The van der Waals surface area contributed by atoms with Crippen LogP contribution in [0, 0.1) is 6.92 Å². The van der Waals surface area contributed by atoms with Crippen molar-refractivity contribution >= 4 is 11.8 Å². The standard InChI is InChI=1S/C29H29N3O6/c1-19-5-3-6-21(15-19)27-23-16-22(37-18-26-31-24(17-38-26)28(33)30-11-14-35-2)9-8-20(23)10-12-32(27)29(34)25-7-4-13-36-25/h3-9,13,15-17,27H,10-12,14,18H2,1-2H3,(H,30,33)/t27-/m0/s1. The van der Waals surface area contributed by atoms with E-state index in [1.165, 1.54) is 12.5 Å². The molecule has 9 heteroatoms. The molecule has 2 aromatic heterocycles. The molecule has 196 valence electrons. The Bertz CT molecular complexity index is 1410. The SMILES string of the molecule is COCCNC(=O)c1coc(COc2ccc3c(c2)[C@H](c2cccc(C)c2)N(C(=O)c2ccco2)CC3)n1.